The van der Waals surface area contributed by atoms with Gasteiger partial charge in [-0.2, -0.15) is 0 Å². The van der Waals surface area contributed by atoms with E-state index < -0.39 is 0 Å². The van der Waals surface area contributed by atoms with Crippen LogP contribution in [0.5, 0.6) is 0 Å². The molecule has 158 valence electrons. The van der Waals surface area contributed by atoms with Gasteiger partial charge in [0, 0.05) is 29.9 Å². The minimum absolute atomic E-state index is 0.0520. The van der Waals surface area contributed by atoms with Crippen LogP contribution in [-0.4, -0.2) is 39.3 Å². The van der Waals surface area contributed by atoms with E-state index in [-0.39, 0.29) is 11.7 Å². The lowest BCUT2D eigenvalue weighted by molar-refractivity contribution is -0.113. The Labute approximate surface area is 185 Å². The standard InChI is InChI=1S/C24H25N5OS/c1-17-15-22-26-27-24(29(22)21-8-4-3-7-20(17)21)31-16-23(30)25-18-9-11-19(12-10-18)28-13-5-2-6-14-28/h3-4,7-12,15H,2,5-6,13-14,16H2,1H3,(H,25,30). The fraction of sp³-hybridized carbons (Fsp3) is 0.292. The summed E-state index contributed by atoms with van der Waals surface area (Å²) >= 11 is 1.40. The molecule has 6 nitrogen and oxygen atoms in total. The number of carbonyl (C=O) groups is 1. The van der Waals surface area contributed by atoms with Crippen molar-refractivity contribution in [3.05, 3.63) is 60.2 Å². The predicted octanol–water partition coefficient (Wildman–Crippen LogP) is 4.91. The highest BCUT2D eigenvalue weighted by Crippen LogP contribution is 2.26. The molecule has 0 atom stereocenters. The first kappa shape index (κ1) is 19.9. The first-order valence-corrected chi connectivity index (χ1v) is 11.7. The number of benzene rings is 2. The minimum atomic E-state index is -0.0520. The third-order valence-corrected chi connectivity index (χ3v) is 6.71. The van der Waals surface area contributed by atoms with E-state index in [0.29, 0.717) is 0 Å². The summed E-state index contributed by atoms with van der Waals surface area (Å²) in [5, 5.41) is 13.5. The average molecular weight is 432 g/mol. The maximum atomic E-state index is 12.5. The number of carbonyl (C=O) groups excluding carboxylic acids is 1. The molecule has 7 heteroatoms. The molecule has 2 aromatic heterocycles. The lowest BCUT2D eigenvalue weighted by Gasteiger charge is -2.28. The Bertz CT molecular complexity index is 1230. The number of rotatable bonds is 5. The number of para-hydroxylation sites is 1. The summed E-state index contributed by atoms with van der Waals surface area (Å²) in [6.07, 6.45) is 3.82. The van der Waals surface area contributed by atoms with E-state index in [1.807, 2.05) is 34.7 Å². The van der Waals surface area contributed by atoms with Crippen LogP contribution in [0.3, 0.4) is 0 Å². The summed E-state index contributed by atoms with van der Waals surface area (Å²) in [5.74, 6) is 0.223. The van der Waals surface area contributed by atoms with E-state index in [4.69, 9.17) is 0 Å². The number of nitrogens with zero attached hydrogens (tertiary/aromatic N) is 4. The average Bonchev–Trinajstić information content (AvgIpc) is 3.22. The van der Waals surface area contributed by atoms with Crippen molar-refractivity contribution in [2.45, 2.75) is 31.3 Å². The Kier molecular flexibility index (Phi) is 5.51. The van der Waals surface area contributed by atoms with Gasteiger partial charge >= 0.3 is 0 Å². The van der Waals surface area contributed by atoms with Gasteiger partial charge < -0.3 is 10.2 Å². The van der Waals surface area contributed by atoms with Crippen molar-refractivity contribution in [3.8, 4) is 0 Å². The number of aromatic nitrogens is 3. The van der Waals surface area contributed by atoms with Crippen molar-refractivity contribution in [2.24, 2.45) is 0 Å². The van der Waals surface area contributed by atoms with Crippen LogP contribution < -0.4 is 10.2 Å². The van der Waals surface area contributed by atoms with Crippen molar-refractivity contribution in [1.29, 1.82) is 0 Å². The zero-order valence-electron chi connectivity index (χ0n) is 17.5. The highest BCUT2D eigenvalue weighted by Gasteiger charge is 2.14. The third kappa shape index (κ3) is 4.10. The van der Waals surface area contributed by atoms with Crippen LogP contribution in [0, 0.1) is 6.92 Å². The maximum Gasteiger partial charge on any atom is 0.234 e. The first-order chi connectivity index (χ1) is 15.2. The van der Waals surface area contributed by atoms with Gasteiger partial charge in [0.05, 0.1) is 11.3 Å². The summed E-state index contributed by atoms with van der Waals surface area (Å²) in [7, 11) is 0. The van der Waals surface area contributed by atoms with Gasteiger partial charge in [-0.3, -0.25) is 9.20 Å². The molecule has 1 amide bonds. The summed E-state index contributed by atoms with van der Waals surface area (Å²) in [4.78, 5) is 15.0. The van der Waals surface area contributed by atoms with Gasteiger partial charge in [-0.25, -0.2) is 0 Å². The second-order valence-electron chi connectivity index (χ2n) is 7.95. The van der Waals surface area contributed by atoms with Crippen LogP contribution in [0.1, 0.15) is 24.8 Å². The van der Waals surface area contributed by atoms with E-state index in [0.717, 1.165) is 46.0 Å². The van der Waals surface area contributed by atoms with E-state index in [9.17, 15) is 4.79 Å². The maximum absolute atomic E-state index is 12.5. The molecular weight excluding hydrogens is 406 g/mol. The largest absolute Gasteiger partial charge is 0.372 e. The van der Waals surface area contributed by atoms with E-state index in [2.05, 4.69) is 51.6 Å². The number of nitrogens with one attached hydrogen (secondary N) is 1. The second kappa shape index (κ2) is 8.59. The van der Waals surface area contributed by atoms with Gasteiger partial charge in [0.15, 0.2) is 10.8 Å². The fourth-order valence-electron chi connectivity index (χ4n) is 4.20. The Morgan fingerprint density at radius 3 is 2.61 bits per heavy atom. The molecule has 1 fully saturated rings. The molecule has 1 N–H and O–H groups in total. The highest BCUT2D eigenvalue weighted by atomic mass is 32.2. The number of aryl methyl sites for hydroxylation is 1. The van der Waals surface area contributed by atoms with E-state index in [1.54, 1.807) is 0 Å². The van der Waals surface area contributed by atoms with Crippen molar-refractivity contribution in [3.63, 3.8) is 0 Å². The highest BCUT2D eigenvalue weighted by molar-refractivity contribution is 7.99. The molecule has 4 aromatic rings. The van der Waals surface area contributed by atoms with Crippen LogP contribution >= 0.6 is 11.8 Å². The van der Waals surface area contributed by atoms with Crippen LogP contribution in [0.4, 0.5) is 11.4 Å². The number of anilines is 2. The third-order valence-electron chi connectivity index (χ3n) is 5.78. The minimum Gasteiger partial charge on any atom is -0.372 e. The molecule has 1 aliphatic heterocycles. The molecule has 3 heterocycles. The lowest BCUT2D eigenvalue weighted by atomic mass is 10.1. The second-order valence-corrected chi connectivity index (χ2v) is 8.89. The molecule has 0 unspecified atom stereocenters. The SMILES string of the molecule is Cc1cc2nnc(SCC(=O)Nc3ccc(N4CCCCC4)cc3)n2c2ccccc12. The number of amides is 1. The van der Waals surface area contributed by atoms with Crippen molar-refractivity contribution in [1.82, 2.24) is 14.6 Å². The Hall–Kier alpha value is -3.06. The molecule has 0 spiro atoms. The Morgan fingerprint density at radius 1 is 1.03 bits per heavy atom. The van der Waals surface area contributed by atoms with Crippen molar-refractivity contribution >= 4 is 45.6 Å². The summed E-state index contributed by atoms with van der Waals surface area (Å²) < 4.78 is 2.02. The molecule has 31 heavy (non-hydrogen) atoms. The van der Waals surface area contributed by atoms with Crippen molar-refractivity contribution in [2.75, 3.05) is 29.1 Å². The molecule has 0 saturated carbocycles. The number of hydrogen-bond acceptors (Lipinski definition) is 5. The van der Waals surface area contributed by atoms with Gasteiger partial charge in [0.25, 0.3) is 0 Å². The molecule has 0 radical (unpaired) electrons. The fourth-order valence-corrected chi connectivity index (χ4v) is 4.95. The van der Waals surface area contributed by atoms with Gasteiger partial charge in [-0.05, 0) is 68.1 Å². The number of thioether (sulfide) groups is 1. The van der Waals surface area contributed by atoms with Gasteiger partial charge in [-0.1, -0.05) is 30.0 Å². The zero-order valence-corrected chi connectivity index (χ0v) is 18.4. The molecule has 1 saturated heterocycles. The quantitative estimate of drug-likeness (QED) is 0.455. The van der Waals surface area contributed by atoms with Crippen LogP contribution in [0.15, 0.2) is 59.8 Å². The van der Waals surface area contributed by atoms with Gasteiger partial charge in [0.2, 0.25) is 5.91 Å². The van der Waals surface area contributed by atoms with Gasteiger partial charge in [-0.15, -0.1) is 10.2 Å². The molecule has 2 aromatic carbocycles. The Morgan fingerprint density at radius 2 is 1.81 bits per heavy atom. The molecular formula is C24H25N5OS. The normalized spacial score (nSPS) is 14.3. The smallest absolute Gasteiger partial charge is 0.234 e. The van der Waals surface area contributed by atoms with Crippen LogP contribution in [-0.2, 0) is 4.79 Å². The predicted molar refractivity (Wildman–Crippen MR) is 127 cm³/mol. The van der Waals surface area contributed by atoms with Crippen molar-refractivity contribution < 1.29 is 4.79 Å². The first-order valence-electron chi connectivity index (χ1n) is 10.7. The number of pyridine rings is 1. The number of fused-ring (bicyclic) bond motifs is 3. The molecule has 0 aliphatic carbocycles. The number of hydrogen-bond donors (Lipinski definition) is 1. The summed E-state index contributed by atoms with van der Waals surface area (Å²) in [6.45, 7) is 4.31. The topological polar surface area (TPSA) is 62.5 Å². The number of piperidine rings is 1. The molecule has 1 aliphatic rings. The van der Waals surface area contributed by atoms with Crippen LogP contribution in [0.2, 0.25) is 0 Å². The molecule has 0 bridgehead atoms. The van der Waals surface area contributed by atoms with Gasteiger partial charge in [0.1, 0.15) is 0 Å². The Balaban J connectivity index is 1.27. The van der Waals surface area contributed by atoms with E-state index >= 15 is 0 Å². The summed E-state index contributed by atoms with van der Waals surface area (Å²) in [5.41, 5.74) is 5.06. The lowest BCUT2D eigenvalue weighted by Crippen LogP contribution is -2.29. The zero-order chi connectivity index (χ0) is 21.2. The summed E-state index contributed by atoms with van der Waals surface area (Å²) in [6, 6.07) is 18.4. The van der Waals surface area contributed by atoms with Crippen LogP contribution in [0.25, 0.3) is 16.6 Å². The monoisotopic (exact) mass is 431 g/mol. The van der Waals surface area contributed by atoms with E-state index in [1.165, 1.54) is 36.7 Å². The molecule has 5 rings (SSSR count).